The molecule has 1 saturated heterocycles. The van der Waals surface area contributed by atoms with Crippen molar-refractivity contribution in [2.45, 2.75) is 19.9 Å². The predicted molar refractivity (Wildman–Crippen MR) is 65.9 cm³/mol. The van der Waals surface area contributed by atoms with Gasteiger partial charge < -0.3 is 4.90 Å². The molecule has 2 rings (SSSR count). The summed E-state index contributed by atoms with van der Waals surface area (Å²) in [6.07, 6.45) is 0. The highest BCUT2D eigenvalue weighted by Crippen LogP contribution is 2.22. The van der Waals surface area contributed by atoms with Crippen LogP contribution in [-0.2, 0) is 9.59 Å². The summed E-state index contributed by atoms with van der Waals surface area (Å²) in [6, 6.07) is 6.98. The summed E-state index contributed by atoms with van der Waals surface area (Å²) in [6.45, 7) is 3.73. The van der Waals surface area contributed by atoms with Gasteiger partial charge in [0.05, 0.1) is 18.2 Å². The topological polar surface area (TPSA) is 73.2 Å². The molecule has 5 nitrogen and oxygen atoms in total. The lowest BCUT2D eigenvalue weighted by Crippen LogP contribution is -2.57. The second-order valence-corrected chi connectivity index (χ2v) is 4.33. The fourth-order valence-electron chi connectivity index (χ4n) is 1.98. The zero-order chi connectivity index (χ0) is 13.3. The number of rotatable bonds is 1. The number of hydrogen-bond donors (Lipinski definition) is 1. The molecule has 1 aromatic rings. The van der Waals surface area contributed by atoms with E-state index in [2.05, 4.69) is 11.4 Å². The lowest BCUT2D eigenvalue weighted by Gasteiger charge is -2.33. The summed E-state index contributed by atoms with van der Waals surface area (Å²) < 4.78 is 0. The Labute approximate surface area is 105 Å². The van der Waals surface area contributed by atoms with Crippen molar-refractivity contribution in [1.82, 2.24) is 5.32 Å². The van der Waals surface area contributed by atoms with Crippen molar-refractivity contribution in [1.29, 1.82) is 5.26 Å². The molecule has 92 valence electrons. The number of benzene rings is 1. The fraction of sp³-hybridized carbons (Fsp3) is 0.308. The van der Waals surface area contributed by atoms with E-state index >= 15 is 0 Å². The SMILES string of the molecule is Cc1cc(N2CC(=O)NC(=O)C2C)ccc1C#N. The van der Waals surface area contributed by atoms with E-state index in [1.54, 1.807) is 24.0 Å². The van der Waals surface area contributed by atoms with Gasteiger partial charge in [0, 0.05) is 5.69 Å². The Kier molecular flexibility index (Phi) is 3.02. The summed E-state index contributed by atoms with van der Waals surface area (Å²) in [4.78, 5) is 24.7. The fourth-order valence-corrected chi connectivity index (χ4v) is 1.98. The molecule has 0 radical (unpaired) electrons. The monoisotopic (exact) mass is 243 g/mol. The predicted octanol–water partition coefficient (Wildman–Crippen LogP) is 0.718. The van der Waals surface area contributed by atoms with Gasteiger partial charge in [-0.2, -0.15) is 5.26 Å². The van der Waals surface area contributed by atoms with Crippen LogP contribution in [0.3, 0.4) is 0 Å². The van der Waals surface area contributed by atoms with Crippen LogP contribution in [0.15, 0.2) is 18.2 Å². The summed E-state index contributed by atoms with van der Waals surface area (Å²) in [5.74, 6) is -0.603. The van der Waals surface area contributed by atoms with Gasteiger partial charge in [0.25, 0.3) is 0 Å². The molecular formula is C13H13N3O2. The molecular weight excluding hydrogens is 230 g/mol. The number of piperazine rings is 1. The molecule has 2 amide bonds. The van der Waals surface area contributed by atoms with Crippen molar-refractivity contribution in [3.05, 3.63) is 29.3 Å². The highest BCUT2D eigenvalue weighted by Gasteiger charge is 2.30. The maximum atomic E-state index is 11.6. The number of carbonyl (C=O) groups excluding carboxylic acids is 2. The third kappa shape index (κ3) is 2.05. The van der Waals surface area contributed by atoms with Crippen LogP contribution in [0.1, 0.15) is 18.1 Å². The Bertz CT molecular complexity index is 560. The van der Waals surface area contributed by atoms with Crippen LogP contribution in [0.4, 0.5) is 5.69 Å². The van der Waals surface area contributed by atoms with Crippen LogP contribution in [-0.4, -0.2) is 24.4 Å². The van der Waals surface area contributed by atoms with E-state index in [4.69, 9.17) is 5.26 Å². The first-order valence-electron chi connectivity index (χ1n) is 5.64. The molecule has 0 bridgehead atoms. The normalized spacial score (nSPS) is 19.4. The lowest BCUT2D eigenvalue weighted by molar-refractivity contribution is -0.132. The zero-order valence-corrected chi connectivity index (χ0v) is 10.2. The van der Waals surface area contributed by atoms with Gasteiger partial charge in [0.15, 0.2) is 0 Å². The second kappa shape index (κ2) is 4.49. The molecule has 0 saturated carbocycles. The number of imide groups is 1. The molecule has 1 unspecified atom stereocenters. The number of nitriles is 1. The minimum Gasteiger partial charge on any atom is -0.350 e. The van der Waals surface area contributed by atoms with Gasteiger partial charge in [-0.25, -0.2) is 0 Å². The standard InChI is InChI=1S/C13H13N3O2/c1-8-5-11(4-3-10(8)6-14)16-7-12(17)15-13(18)9(16)2/h3-5,9H,7H2,1-2H3,(H,15,17,18). The molecule has 1 aliphatic rings. The van der Waals surface area contributed by atoms with Crippen molar-refractivity contribution in [2.24, 2.45) is 0 Å². The highest BCUT2D eigenvalue weighted by atomic mass is 16.2. The summed E-state index contributed by atoms with van der Waals surface area (Å²) in [5.41, 5.74) is 2.21. The van der Waals surface area contributed by atoms with Crippen molar-refractivity contribution < 1.29 is 9.59 Å². The van der Waals surface area contributed by atoms with Crippen molar-refractivity contribution in [3.8, 4) is 6.07 Å². The van der Waals surface area contributed by atoms with Gasteiger partial charge in [-0.15, -0.1) is 0 Å². The van der Waals surface area contributed by atoms with Crippen molar-refractivity contribution in [3.63, 3.8) is 0 Å². The van der Waals surface area contributed by atoms with Gasteiger partial charge in [-0.05, 0) is 37.6 Å². The number of nitrogens with zero attached hydrogens (tertiary/aromatic N) is 2. The molecule has 1 aliphatic heterocycles. The molecule has 1 aromatic carbocycles. The van der Waals surface area contributed by atoms with Crippen LogP contribution in [0, 0.1) is 18.3 Å². The average molecular weight is 243 g/mol. The minimum absolute atomic E-state index is 0.151. The number of amides is 2. The molecule has 1 atom stereocenters. The van der Waals surface area contributed by atoms with Crippen LogP contribution in [0.5, 0.6) is 0 Å². The lowest BCUT2D eigenvalue weighted by atomic mass is 10.1. The summed E-state index contributed by atoms with van der Waals surface area (Å²) in [5, 5.41) is 11.2. The smallest absolute Gasteiger partial charge is 0.249 e. The molecule has 1 heterocycles. The first kappa shape index (κ1) is 12.1. The van der Waals surface area contributed by atoms with Crippen LogP contribution in [0.2, 0.25) is 0 Å². The van der Waals surface area contributed by atoms with Crippen LogP contribution < -0.4 is 10.2 Å². The number of hydrogen-bond acceptors (Lipinski definition) is 4. The molecule has 0 aromatic heterocycles. The third-order valence-corrected chi connectivity index (χ3v) is 3.09. The summed E-state index contributed by atoms with van der Waals surface area (Å²) in [7, 11) is 0. The van der Waals surface area contributed by atoms with Gasteiger partial charge in [-0.1, -0.05) is 0 Å². The van der Waals surface area contributed by atoms with Gasteiger partial charge in [0.1, 0.15) is 6.04 Å². The molecule has 1 fully saturated rings. The average Bonchev–Trinajstić information content (AvgIpc) is 2.33. The quantitative estimate of drug-likeness (QED) is 0.737. The van der Waals surface area contributed by atoms with E-state index in [9.17, 15) is 9.59 Å². The van der Waals surface area contributed by atoms with Gasteiger partial charge in [-0.3, -0.25) is 14.9 Å². The van der Waals surface area contributed by atoms with Gasteiger partial charge >= 0.3 is 0 Å². The minimum atomic E-state index is -0.393. The first-order chi connectivity index (χ1) is 8.52. The number of aryl methyl sites for hydroxylation is 1. The maximum Gasteiger partial charge on any atom is 0.249 e. The van der Waals surface area contributed by atoms with E-state index in [1.165, 1.54) is 0 Å². The van der Waals surface area contributed by atoms with Crippen molar-refractivity contribution in [2.75, 3.05) is 11.4 Å². The zero-order valence-electron chi connectivity index (χ0n) is 10.2. The molecule has 0 aliphatic carbocycles. The largest absolute Gasteiger partial charge is 0.350 e. The summed E-state index contributed by atoms with van der Waals surface area (Å²) >= 11 is 0. The Hall–Kier alpha value is -2.35. The first-order valence-corrected chi connectivity index (χ1v) is 5.64. The Morgan fingerprint density at radius 3 is 2.78 bits per heavy atom. The molecule has 18 heavy (non-hydrogen) atoms. The number of nitrogens with one attached hydrogen (secondary N) is 1. The Morgan fingerprint density at radius 1 is 1.44 bits per heavy atom. The molecule has 5 heteroatoms. The van der Waals surface area contributed by atoms with E-state index in [1.807, 2.05) is 13.0 Å². The van der Waals surface area contributed by atoms with E-state index in [0.717, 1.165) is 11.3 Å². The van der Waals surface area contributed by atoms with Crippen LogP contribution in [0.25, 0.3) is 0 Å². The maximum absolute atomic E-state index is 11.6. The molecule has 1 N–H and O–H groups in total. The third-order valence-electron chi connectivity index (χ3n) is 3.09. The van der Waals surface area contributed by atoms with E-state index < -0.39 is 6.04 Å². The van der Waals surface area contributed by atoms with Crippen LogP contribution >= 0.6 is 0 Å². The second-order valence-electron chi connectivity index (χ2n) is 4.33. The number of anilines is 1. The van der Waals surface area contributed by atoms with Crippen molar-refractivity contribution >= 4 is 17.5 Å². The Morgan fingerprint density at radius 2 is 2.17 bits per heavy atom. The van der Waals surface area contributed by atoms with E-state index in [0.29, 0.717) is 5.56 Å². The highest BCUT2D eigenvalue weighted by molar-refractivity contribution is 6.04. The van der Waals surface area contributed by atoms with Gasteiger partial charge in [0.2, 0.25) is 11.8 Å². The Balaban J connectivity index is 2.36. The van der Waals surface area contributed by atoms with E-state index in [-0.39, 0.29) is 18.4 Å². The molecule has 0 spiro atoms. The number of carbonyl (C=O) groups is 2.